The van der Waals surface area contributed by atoms with Crippen LogP contribution in [0.3, 0.4) is 0 Å². The number of carbonyl (C=O) groups is 1. The first-order valence-corrected chi connectivity index (χ1v) is 8.51. The number of ketones is 1. The van der Waals surface area contributed by atoms with Gasteiger partial charge in [0.05, 0.1) is 5.25 Å². The van der Waals surface area contributed by atoms with Gasteiger partial charge in [-0.05, 0) is 40.0 Å². The molecule has 5 heteroatoms. The molecule has 0 bridgehead atoms. The van der Waals surface area contributed by atoms with Gasteiger partial charge < -0.3 is 4.74 Å². The molecule has 2 unspecified atom stereocenters. The largest absolute Gasteiger partial charge is 0.368 e. The van der Waals surface area contributed by atoms with E-state index >= 15 is 0 Å². The molecule has 2 atom stereocenters. The summed E-state index contributed by atoms with van der Waals surface area (Å²) in [7, 11) is -3.04. The lowest BCUT2D eigenvalue weighted by Crippen LogP contribution is -2.43. The van der Waals surface area contributed by atoms with Crippen molar-refractivity contribution < 1.29 is 17.9 Å². The van der Waals surface area contributed by atoms with Crippen LogP contribution in [0.2, 0.25) is 0 Å². The maximum atomic E-state index is 12.4. The molecule has 0 radical (unpaired) electrons. The Morgan fingerprint density at radius 1 is 1.33 bits per heavy atom. The highest BCUT2D eigenvalue weighted by Crippen LogP contribution is 2.32. The molecule has 0 saturated heterocycles. The van der Waals surface area contributed by atoms with E-state index in [0.29, 0.717) is 19.4 Å². The van der Waals surface area contributed by atoms with Gasteiger partial charge in [0.2, 0.25) is 0 Å². The molecule has 0 N–H and O–H groups in total. The second-order valence-electron chi connectivity index (χ2n) is 5.62. The summed E-state index contributed by atoms with van der Waals surface area (Å²) in [5, 5.41) is -0.363. The first kappa shape index (κ1) is 15.6. The van der Waals surface area contributed by atoms with Crippen LogP contribution in [0.4, 0.5) is 0 Å². The quantitative estimate of drug-likeness (QED) is 0.770. The number of rotatable bonds is 5. The zero-order chi connectivity index (χ0) is 14.0. The zero-order valence-electron chi connectivity index (χ0n) is 11.7. The van der Waals surface area contributed by atoms with Gasteiger partial charge in [0, 0.05) is 18.8 Å². The third-order valence-electron chi connectivity index (χ3n) is 3.70. The third kappa shape index (κ3) is 3.79. The minimum absolute atomic E-state index is 0.0395. The molecule has 0 aliphatic heterocycles. The van der Waals surface area contributed by atoms with Crippen LogP contribution in [0, 0.1) is 5.92 Å². The lowest BCUT2D eigenvalue weighted by atomic mass is 9.80. The van der Waals surface area contributed by atoms with Crippen molar-refractivity contribution in [3.8, 4) is 0 Å². The molecule has 0 aromatic heterocycles. The SMILES string of the molecule is CCOC(C)(C)C(=O)C1CCCC(S(C)(=O)=O)C1. The minimum Gasteiger partial charge on any atom is -0.368 e. The van der Waals surface area contributed by atoms with E-state index < -0.39 is 15.4 Å². The van der Waals surface area contributed by atoms with E-state index in [4.69, 9.17) is 4.74 Å². The standard InChI is InChI=1S/C13H24O4S/c1-5-17-13(2,3)12(14)10-7-6-8-11(9-10)18(4,15)16/h10-11H,5-9H2,1-4H3. The topological polar surface area (TPSA) is 60.4 Å². The van der Waals surface area contributed by atoms with Gasteiger partial charge in [-0.1, -0.05) is 6.42 Å². The summed E-state index contributed by atoms with van der Waals surface area (Å²) in [6, 6.07) is 0. The predicted molar refractivity (Wildman–Crippen MR) is 71.3 cm³/mol. The van der Waals surface area contributed by atoms with Crippen LogP contribution >= 0.6 is 0 Å². The Morgan fingerprint density at radius 2 is 1.94 bits per heavy atom. The Morgan fingerprint density at radius 3 is 2.44 bits per heavy atom. The van der Waals surface area contributed by atoms with Gasteiger partial charge in [0.15, 0.2) is 5.78 Å². The van der Waals surface area contributed by atoms with Gasteiger partial charge >= 0.3 is 0 Å². The highest BCUT2D eigenvalue weighted by Gasteiger charge is 2.39. The van der Waals surface area contributed by atoms with Gasteiger partial charge in [0.1, 0.15) is 15.4 Å². The van der Waals surface area contributed by atoms with Crippen LogP contribution in [-0.4, -0.2) is 37.9 Å². The number of hydrogen-bond acceptors (Lipinski definition) is 4. The Balaban J connectivity index is 2.76. The van der Waals surface area contributed by atoms with Crippen molar-refractivity contribution in [3.05, 3.63) is 0 Å². The summed E-state index contributed by atoms with van der Waals surface area (Å²) in [6.45, 7) is 5.88. The molecule has 0 aromatic carbocycles. The summed E-state index contributed by atoms with van der Waals surface area (Å²) >= 11 is 0. The summed E-state index contributed by atoms with van der Waals surface area (Å²) in [5.74, 6) is -0.141. The number of ether oxygens (including phenoxy) is 1. The summed E-state index contributed by atoms with van der Waals surface area (Å²) < 4.78 is 28.6. The Bertz CT molecular complexity index is 397. The number of hydrogen-bond donors (Lipinski definition) is 0. The van der Waals surface area contributed by atoms with Gasteiger partial charge in [-0.25, -0.2) is 8.42 Å². The molecule has 0 aromatic rings. The molecule has 1 aliphatic carbocycles. The number of sulfone groups is 1. The molecule has 1 aliphatic rings. The molecular formula is C13H24O4S. The van der Waals surface area contributed by atoms with Gasteiger partial charge in [0.25, 0.3) is 0 Å². The second kappa shape index (κ2) is 5.70. The average Bonchev–Trinajstić information content (AvgIpc) is 2.27. The molecule has 0 heterocycles. The third-order valence-corrected chi connectivity index (χ3v) is 5.34. The lowest BCUT2D eigenvalue weighted by Gasteiger charge is -2.32. The Labute approximate surface area is 110 Å². The first-order chi connectivity index (χ1) is 8.18. The fourth-order valence-corrected chi connectivity index (χ4v) is 3.87. The lowest BCUT2D eigenvalue weighted by molar-refractivity contribution is -0.145. The monoisotopic (exact) mass is 276 g/mol. The van der Waals surface area contributed by atoms with Crippen molar-refractivity contribution in [2.45, 2.75) is 57.3 Å². The Kier molecular flexibility index (Phi) is 4.95. The van der Waals surface area contributed by atoms with Crippen molar-refractivity contribution >= 4 is 15.6 Å². The van der Waals surface area contributed by atoms with Crippen LogP contribution < -0.4 is 0 Å². The number of carbonyl (C=O) groups excluding carboxylic acids is 1. The molecular weight excluding hydrogens is 252 g/mol. The van der Waals surface area contributed by atoms with Crippen LogP contribution in [0.15, 0.2) is 0 Å². The first-order valence-electron chi connectivity index (χ1n) is 6.55. The Hall–Kier alpha value is -0.420. The molecule has 18 heavy (non-hydrogen) atoms. The molecule has 1 rings (SSSR count). The molecule has 1 fully saturated rings. The predicted octanol–water partition coefficient (Wildman–Crippen LogP) is 1.97. The maximum Gasteiger partial charge on any atom is 0.167 e. The van der Waals surface area contributed by atoms with Crippen LogP contribution in [0.5, 0.6) is 0 Å². The van der Waals surface area contributed by atoms with E-state index in [-0.39, 0.29) is 17.0 Å². The number of Topliss-reactive ketones (excluding diaryl/α,β-unsaturated/α-hetero) is 1. The van der Waals surface area contributed by atoms with Crippen molar-refractivity contribution in [1.29, 1.82) is 0 Å². The van der Waals surface area contributed by atoms with Gasteiger partial charge in [-0.15, -0.1) is 0 Å². The van der Waals surface area contributed by atoms with Crippen LogP contribution in [-0.2, 0) is 19.4 Å². The average molecular weight is 276 g/mol. The highest BCUT2D eigenvalue weighted by molar-refractivity contribution is 7.91. The molecule has 106 valence electrons. The fraction of sp³-hybridized carbons (Fsp3) is 0.923. The minimum atomic E-state index is -3.04. The smallest absolute Gasteiger partial charge is 0.167 e. The van der Waals surface area contributed by atoms with Gasteiger partial charge in [-0.2, -0.15) is 0 Å². The van der Waals surface area contributed by atoms with E-state index in [1.54, 1.807) is 13.8 Å². The normalized spacial score (nSPS) is 26.0. The van der Waals surface area contributed by atoms with E-state index in [0.717, 1.165) is 12.8 Å². The van der Waals surface area contributed by atoms with Crippen LogP contribution in [0.1, 0.15) is 46.5 Å². The van der Waals surface area contributed by atoms with Crippen molar-refractivity contribution in [1.82, 2.24) is 0 Å². The van der Waals surface area contributed by atoms with Crippen molar-refractivity contribution in [2.75, 3.05) is 12.9 Å². The zero-order valence-corrected chi connectivity index (χ0v) is 12.5. The summed E-state index contributed by atoms with van der Waals surface area (Å²) in [6.07, 6.45) is 3.97. The summed E-state index contributed by atoms with van der Waals surface area (Å²) in [5.41, 5.74) is -0.807. The fourth-order valence-electron chi connectivity index (χ4n) is 2.70. The van der Waals surface area contributed by atoms with E-state index in [2.05, 4.69) is 0 Å². The van der Waals surface area contributed by atoms with Crippen LogP contribution in [0.25, 0.3) is 0 Å². The molecule has 0 amide bonds. The molecule has 4 nitrogen and oxygen atoms in total. The van der Waals surface area contributed by atoms with Crippen molar-refractivity contribution in [3.63, 3.8) is 0 Å². The van der Waals surface area contributed by atoms with E-state index in [9.17, 15) is 13.2 Å². The van der Waals surface area contributed by atoms with Gasteiger partial charge in [-0.3, -0.25) is 4.79 Å². The van der Waals surface area contributed by atoms with Crippen molar-refractivity contribution in [2.24, 2.45) is 5.92 Å². The highest BCUT2D eigenvalue weighted by atomic mass is 32.2. The van der Waals surface area contributed by atoms with E-state index in [1.807, 2.05) is 6.92 Å². The molecule has 0 spiro atoms. The second-order valence-corrected chi connectivity index (χ2v) is 7.95. The van der Waals surface area contributed by atoms with E-state index in [1.165, 1.54) is 6.26 Å². The molecule has 1 saturated carbocycles. The maximum absolute atomic E-state index is 12.4. The summed E-state index contributed by atoms with van der Waals surface area (Å²) in [4.78, 5) is 12.4.